The van der Waals surface area contributed by atoms with Gasteiger partial charge in [-0.15, -0.1) is 0 Å². The van der Waals surface area contributed by atoms with Crippen LogP contribution in [0.2, 0.25) is 0 Å². The number of hydrogen-bond donors (Lipinski definition) is 10. The highest BCUT2D eigenvalue weighted by Gasteiger charge is 2.47. The summed E-state index contributed by atoms with van der Waals surface area (Å²) in [5.74, 6) is -1.70. The zero-order valence-corrected chi connectivity index (χ0v) is 22.1. The molecule has 16 heteroatoms. The van der Waals surface area contributed by atoms with Crippen molar-refractivity contribution in [1.29, 1.82) is 0 Å². The van der Waals surface area contributed by atoms with Gasteiger partial charge in [-0.3, -0.25) is 4.79 Å². The van der Waals surface area contributed by atoms with Gasteiger partial charge in [0.2, 0.25) is 11.2 Å². The molecule has 16 nitrogen and oxygen atoms in total. The summed E-state index contributed by atoms with van der Waals surface area (Å²) in [7, 11) is 0. The van der Waals surface area contributed by atoms with Crippen molar-refractivity contribution in [3.8, 4) is 34.3 Å². The molecule has 3 aromatic rings. The Labute approximate surface area is 241 Å². The number of aliphatic hydroxyl groups is 7. The van der Waals surface area contributed by atoms with Gasteiger partial charge in [0.15, 0.2) is 18.3 Å². The van der Waals surface area contributed by atoms with E-state index in [4.69, 9.17) is 23.4 Å². The van der Waals surface area contributed by atoms with E-state index in [1.54, 1.807) is 0 Å². The van der Waals surface area contributed by atoms with Crippen LogP contribution >= 0.6 is 0 Å². The predicted molar refractivity (Wildman–Crippen MR) is 140 cm³/mol. The minimum atomic E-state index is -1.89. The average molecular weight is 611 g/mol. The van der Waals surface area contributed by atoms with Crippen molar-refractivity contribution in [1.82, 2.24) is 0 Å². The Bertz CT molecular complexity index is 1490. The van der Waals surface area contributed by atoms with Gasteiger partial charge in [-0.1, -0.05) is 0 Å². The average Bonchev–Trinajstić information content (AvgIpc) is 2.97. The number of fused-ring (bicyclic) bond motifs is 1. The van der Waals surface area contributed by atoms with Gasteiger partial charge in [0.1, 0.15) is 83.7 Å². The van der Waals surface area contributed by atoms with E-state index in [1.165, 1.54) is 24.3 Å². The molecular weight excluding hydrogens is 580 g/mol. The van der Waals surface area contributed by atoms with E-state index in [9.17, 15) is 55.9 Å². The van der Waals surface area contributed by atoms with E-state index >= 15 is 0 Å². The summed E-state index contributed by atoms with van der Waals surface area (Å²) in [5, 5.41) is 100. The predicted octanol–water partition coefficient (Wildman–Crippen LogP) is -2.42. The number of phenols is 3. The standard InChI is InChI=1S/C27H30O16/c28-10-3-1-9(2-4-10)24-25(19(33)16-12(30)5-11(29)6-13(16)42-24)39-7-14-17(31)20(34)18(32)15(41-14)8-40-27-23(37)21(35)22(36)26(38)43-27/h1-6,14-15,17-18,20-23,26-32,34-38H,7-8H2/t14-,15?,17?,18+,20-,21-,22+,23?,26?,27+/m0/s1. The molecule has 2 fully saturated rings. The van der Waals surface area contributed by atoms with Gasteiger partial charge in [0.05, 0.1) is 6.61 Å². The van der Waals surface area contributed by atoms with Crippen LogP contribution < -0.4 is 10.2 Å². The summed E-state index contributed by atoms with van der Waals surface area (Å²) in [6.07, 6.45) is -17.0. The van der Waals surface area contributed by atoms with Gasteiger partial charge < -0.3 is 74.4 Å². The maximum atomic E-state index is 13.5. The highest BCUT2D eigenvalue weighted by atomic mass is 16.7. The fraction of sp³-hybridized carbons (Fsp3) is 0.444. The van der Waals surface area contributed by atoms with Gasteiger partial charge in [-0.25, -0.2) is 0 Å². The summed E-state index contributed by atoms with van der Waals surface area (Å²) in [6, 6.07) is 7.46. The molecule has 10 N–H and O–H groups in total. The van der Waals surface area contributed by atoms with Gasteiger partial charge in [-0.05, 0) is 24.3 Å². The molecule has 234 valence electrons. The first-order valence-corrected chi connectivity index (χ1v) is 13.0. The van der Waals surface area contributed by atoms with Crippen molar-refractivity contribution in [2.45, 2.75) is 61.4 Å². The second kappa shape index (κ2) is 12.2. The van der Waals surface area contributed by atoms with E-state index < -0.39 is 91.6 Å². The molecule has 0 amide bonds. The molecule has 2 aromatic carbocycles. The number of rotatable bonds is 7. The molecule has 3 heterocycles. The number of aliphatic hydroxyl groups excluding tert-OH is 7. The number of hydrogen-bond acceptors (Lipinski definition) is 16. The zero-order chi connectivity index (χ0) is 31.2. The molecule has 5 rings (SSSR count). The lowest BCUT2D eigenvalue weighted by Crippen LogP contribution is -2.61. The second-order valence-electron chi connectivity index (χ2n) is 10.2. The Morgan fingerprint density at radius 3 is 2.00 bits per heavy atom. The Hall–Kier alpha value is -3.55. The van der Waals surface area contributed by atoms with Gasteiger partial charge in [0, 0.05) is 17.7 Å². The Morgan fingerprint density at radius 2 is 1.33 bits per heavy atom. The molecule has 43 heavy (non-hydrogen) atoms. The molecule has 4 unspecified atom stereocenters. The van der Waals surface area contributed by atoms with Crippen molar-refractivity contribution in [2.75, 3.05) is 13.2 Å². The van der Waals surface area contributed by atoms with E-state index in [2.05, 4.69) is 0 Å². The number of ether oxygens (including phenoxy) is 4. The van der Waals surface area contributed by atoms with Crippen LogP contribution in [-0.2, 0) is 14.2 Å². The van der Waals surface area contributed by atoms with Crippen LogP contribution in [0, 0.1) is 0 Å². The minimum Gasteiger partial charge on any atom is -0.508 e. The molecule has 2 saturated heterocycles. The largest absolute Gasteiger partial charge is 0.508 e. The quantitative estimate of drug-likeness (QED) is 0.133. The van der Waals surface area contributed by atoms with Crippen LogP contribution in [0.25, 0.3) is 22.3 Å². The fourth-order valence-corrected chi connectivity index (χ4v) is 4.83. The SMILES string of the molecule is O=c1c(OC[C@@H]2OC(CO[C@@H]3OC(O)[C@H](O)[C@H](O)C3O)[C@@H](O)[C@@H](O)C2O)c(-c2ccc(O)cc2)oc2cc(O)cc(O)c12. The van der Waals surface area contributed by atoms with Gasteiger partial charge >= 0.3 is 0 Å². The maximum absolute atomic E-state index is 13.5. The monoisotopic (exact) mass is 610 g/mol. The van der Waals surface area contributed by atoms with Crippen LogP contribution in [0.1, 0.15) is 0 Å². The summed E-state index contributed by atoms with van der Waals surface area (Å²) >= 11 is 0. The normalized spacial score (nSPS) is 33.0. The summed E-state index contributed by atoms with van der Waals surface area (Å²) in [4.78, 5) is 13.5. The topological polar surface area (TPSA) is 269 Å². The summed E-state index contributed by atoms with van der Waals surface area (Å²) < 4.78 is 27.4. The maximum Gasteiger partial charge on any atom is 0.239 e. The first-order valence-electron chi connectivity index (χ1n) is 13.0. The fourth-order valence-electron chi connectivity index (χ4n) is 4.83. The van der Waals surface area contributed by atoms with E-state index in [1.807, 2.05) is 0 Å². The zero-order valence-electron chi connectivity index (χ0n) is 22.1. The molecule has 0 saturated carbocycles. The number of aromatic hydroxyl groups is 3. The Morgan fingerprint density at radius 1 is 0.698 bits per heavy atom. The van der Waals surface area contributed by atoms with Crippen LogP contribution in [0.3, 0.4) is 0 Å². The molecule has 2 aliphatic rings. The van der Waals surface area contributed by atoms with Crippen molar-refractivity contribution in [2.24, 2.45) is 0 Å². The first-order chi connectivity index (χ1) is 20.4. The molecule has 0 radical (unpaired) electrons. The highest BCUT2D eigenvalue weighted by molar-refractivity contribution is 5.88. The lowest BCUT2D eigenvalue weighted by molar-refractivity contribution is -0.347. The third kappa shape index (κ3) is 5.98. The van der Waals surface area contributed by atoms with Gasteiger partial charge in [-0.2, -0.15) is 0 Å². The van der Waals surface area contributed by atoms with E-state index in [0.717, 1.165) is 12.1 Å². The minimum absolute atomic E-state index is 0.0875. The second-order valence-corrected chi connectivity index (χ2v) is 10.2. The van der Waals surface area contributed by atoms with Crippen molar-refractivity contribution in [3.63, 3.8) is 0 Å². The molecule has 0 spiro atoms. The van der Waals surface area contributed by atoms with Gasteiger partial charge in [0.25, 0.3) is 0 Å². The number of phenolic OH excluding ortho intramolecular Hbond substituents is 3. The van der Waals surface area contributed by atoms with Crippen LogP contribution in [0.15, 0.2) is 45.6 Å². The summed E-state index contributed by atoms with van der Waals surface area (Å²) in [6.45, 7) is -1.22. The number of benzene rings is 2. The van der Waals surface area contributed by atoms with Crippen LogP contribution in [-0.4, -0.2) is 126 Å². The summed E-state index contributed by atoms with van der Waals surface area (Å²) in [5.41, 5.74) is -0.796. The first kappa shape index (κ1) is 30.9. The van der Waals surface area contributed by atoms with Crippen molar-refractivity contribution in [3.05, 3.63) is 46.6 Å². The van der Waals surface area contributed by atoms with Crippen LogP contribution in [0.5, 0.6) is 23.0 Å². The smallest absolute Gasteiger partial charge is 0.239 e. The lowest BCUT2D eigenvalue weighted by Gasteiger charge is -2.42. The third-order valence-corrected chi connectivity index (χ3v) is 7.22. The third-order valence-electron chi connectivity index (χ3n) is 7.22. The molecule has 10 atom stereocenters. The molecular formula is C27H30O16. The van der Waals surface area contributed by atoms with Crippen molar-refractivity contribution < 1.29 is 74.4 Å². The Kier molecular flexibility index (Phi) is 8.77. The molecule has 1 aromatic heterocycles. The molecule has 0 aliphatic carbocycles. The molecule has 2 aliphatic heterocycles. The van der Waals surface area contributed by atoms with E-state index in [0.29, 0.717) is 0 Å². The Balaban J connectivity index is 1.39. The van der Waals surface area contributed by atoms with E-state index in [-0.39, 0.29) is 33.8 Å². The highest BCUT2D eigenvalue weighted by Crippen LogP contribution is 2.36. The molecule has 0 bridgehead atoms. The van der Waals surface area contributed by atoms with Crippen LogP contribution in [0.4, 0.5) is 0 Å². The lowest BCUT2D eigenvalue weighted by atomic mass is 9.95. The van der Waals surface area contributed by atoms with Crippen molar-refractivity contribution >= 4 is 11.0 Å².